The number of benzene rings is 3. The summed E-state index contributed by atoms with van der Waals surface area (Å²) in [5.41, 5.74) is 2.61. The highest BCUT2D eigenvalue weighted by molar-refractivity contribution is 7.92. The van der Waals surface area contributed by atoms with Crippen molar-refractivity contribution >= 4 is 33.2 Å². The predicted molar refractivity (Wildman–Crippen MR) is 135 cm³/mol. The molecular formula is C26H27ClN2O5S. The molecule has 1 aliphatic heterocycles. The van der Waals surface area contributed by atoms with E-state index >= 15 is 0 Å². The van der Waals surface area contributed by atoms with Gasteiger partial charge in [-0.15, -0.1) is 0 Å². The number of nitrogens with one attached hydrogen (secondary N) is 1. The van der Waals surface area contributed by atoms with Gasteiger partial charge in [0, 0.05) is 17.6 Å². The number of carbonyl (C=O) groups excluding carboxylic acids is 1. The summed E-state index contributed by atoms with van der Waals surface area (Å²) >= 11 is 5.99. The van der Waals surface area contributed by atoms with E-state index in [0.29, 0.717) is 34.9 Å². The van der Waals surface area contributed by atoms with Crippen LogP contribution in [-0.2, 0) is 21.2 Å². The average Bonchev–Trinajstić information content (AvgIpc) is 3.02. The lowest BCUT2D eigenvalue weighted by Gasteiger charge is -2.25. The van der Waals surface area contributed by atoms with Crippen LogP contribution in [-0.4, -0.2) is 39.1 Å². The van der Waals surface area contributed by atoms with Crippen molar-refractivity contribution < 1.29 is 23.1 Å². The molecule has 35 heavy (non-hydrogen) atoms. The molecular weight excluding hydrogens is 488 g/mol. The largest absolute Gasteiger partial charge is 0.497 e. The molecule has 184 valence electrons. The van der Waals surface area contributed by atoms with Crippen molar-refractivity contribution in [2.24, 2.45) is 0 Å². The van der Waals surface area contributed by atoms with Gasteiger partial charge < -0.3 is 15.2 Å². The van der Waals surface area contributed by atoms with Gasteiger partial charge in [0.2, 0.25) is 0 Å². The van der Waals surface area contributed by atoms with Crippen molar-refractivity contribution in [2.75, 3.05) is 18.0 Å². The number of hydrogen-bond donors (Lipinski definition) is 2. The van der Waals surface area contributed by atoms with Gasteiger partial charge in [0.1, 0.15) is 5.75 Å². The molecule has 0 fully saturated rings. The fourth-order valence-electron chi connectivity index (χ4n) is 4.18. The standard InChI is InChI=1S/C26H27ClN2O5S/c1-17-6-9-23(10-7-17)35(32,33)29-13-12-21(15-19-16-22(34-2)8-11-24(19)29)28-26(31)25(30)18-4-3-5-20(27)14-18/h3-11,14,16,21,25,30H,12-13,15H2,1-2H3,(H,28,31)/t21?,25-/m1/s1. The normalized spacial score (nSPS) is 16.7. The number of anilines is 1. The monoisotopic (exact) mass is 514 g/mol. The Bertz CT molecular complexity index is 1330. The molecule has 3 aromatic carbocycles. The minimum atomic E-state index is -3.84. The van der Waals surface area contributed by atoms with Gasteiger partial charge in [0.05, 0.1) is 17.7 Å². The Morgan fingerprint density at radius 2 is 1.89 bits per heavy atom. The van der Waals surface area contributed by atoms with E-state index in [2.05, 4.69) is 5.32 Å². The van der Waals surface area contributed by atoms with Gasteiger partial charge >= 0.3 is 0 Å². The molecule has 1 amide bonds. The first-order valence-electron chi connectivity index (χ1n) is 11.2. The number of fused-ring (bicyclic) bond motifs is 1. The second-order valence-electron chi connectivity index (χ2n) is 8.54. The van der Waals surface area contributed by atoms with Gasteiger partial charge in [-0.25, -0.2) is 8.42 Å². The highest BCUT2D eigenvalue weighted by Crippen LogP contribution is 2.34. The topological polar surface area (TPSA) is 95.9 Å². The number of sulfonamides is 1. The zero-order valence-corrected chi connectivity index (χ0v) is 21.0. The van der Waals surface area contributed by atoms with Crippen LogP contribution in [0.5, 0.6) is 5.75 Å². The van der Waals surface area contributed by atoms with Gasteiger partial charge in [-0.1, -0.05) is 41.4 Å². The van der Waals surface area contributed by atoms with Crippen LogP contribution in [0.2, 0.25) is 5.02 Å². The van der Waals surface area contributed by atoms with Crippen LogP contribution in [0.4, 0.5) is 5.69 Å². The maximum Gasteiger partial charge on any atom is 0.264 e. The van der Waals surface area contributed by atoms with Crippen LogP contribution in [0.3, 0.4) is 0 Å². The number of halogens is 1. The van der Waals surface area contributed by atoms with Crippen molar-refractivity contribution in [3.63, 3.8) is 0 Å². The van der Waals surface area contributed by atoms with E-state index in [1.165, 1.54) is 10.4 Å². The summed E-state index contributed by atoms with van der Waals surface area (Å²) in [7, 11) is -2.29. The lowest BCUT2D eigenvalue weighted by atomic mass is 10.0. The SMILES string of the molecule is COc1ccc2c(c1)CC(NC(=O)[C@H](O)c1cccc(Cl)c1)CCN2S(=O)(=O)c1ccc(C)cc1. The zero-order valence-electron chi connectivity index (χ0n) is 19.4. The number of rotatable bonds is 6. The summed E-state index contributed by atoms with van der Waals surface area (Å²) in [6.07, 6.45) is -0.662. The zero-order chi connectivity index (χ0) is 25.2. The van der Waals surface area contributed by atoms with Crippen LogP contribution >= 0.6 is 11.6 Å². The van der Waals surface area contributed by atoms with Gasteiger partial charge in [-0.05, 0) is 73.4 Å². The molecule has 2 atom stereocenters. The minimum absolute atomic E-state index is 0.160. The Kier molecular flexibility index (Phi) is 7.35. The number of aliphatic hydroxyl groups excluding tert-OH is 1. The molecule has 0 bridgehead atoms. The molecule has 0 aliphatic carbocycles. The molecule has 0 radical (unpaired) electrons. The van der Waals surface area contributed by atoms with E-state index < -0.39 is 28.1 Å². The third-order valence-corrected chi connectivity index (χ3v) is 8.13. The van der Waals surface area contributed by atoms with E-state index in [-0.39, 0.29) is 11.4 Å². The molecule has 7 nitrogen and oxygen atoms in total. The van der Waals surface area contributed by atoms with Gasteiger partial charge in [-0.3, -0.25) is 9.10 Å². The van der Waals surface area contributed by atoms with E-state index in [0.717, 1.165) is 11.1 Å². The first-order valence-corrected chi connectivity index (χ1v) is 13.0. The minimum Gasteiger partial charge on any atom is -0.497 e. The van der Waals surface area contributed by atoms with Gasteiger partial charge in [0.25, 0.3) is 15.9 Å². The third kappa shape index (κ3) is 5.45. The number of methoxy groups -OCH3 is 1. The first kappa shape index (κ1) is 25.0. The highest BCUT2D eigenvalue weighted by atomic mass is 35.5. The molecule has 0 spiro atoms. The molecule has 0 aromatic heterocycles. The van der Waals surface area contributed by atoms with E-state index in [1.54, 1.807) is 67.8 Å². The molecule has 0 saturated heterocycles. The molecule has 1 aliphatic rings. The number of ether oxygens (including phenoxy) is 1. The first-order chi connectivity index (χ1) is 16.7. The Hall–Kier alpha value is -3.07. The van der Waals surface area contributed by atoms with E-state index in [4.69, 9.17) is 16.3 Å². The fourth-order valence-corrected chi connectivity index (χ4v) is 5.89. The molecule has 2 N–H and O–H groups in total. The number of aliphatic hydroxyl groups is 1. The van der Waals surface area contributed by atoms with E-state index in [9.17, 15) is 18.3 Å². The summed E-state index contributed by atoms with van der Waals surface area (Å²) < 4.78 is 33.9. The predicted octanol–water partition coefficient (Wildman–Crippen LogP) is 4.02. The average molecular weight is 515 g/mol. The lowest BCUT2D eigenvalue weighted by molar-refractivity contribution is -0.130. The molecule has 4 rings (SSSR count). The smallest absolute Gasteiger partial charge is 0.264 e. The van der Waals surface area contributed by atoms with Crippen molar-refractivity contribution in [3.05, 3.63) is 88.4 Å². The number of amides is 1. The Morgan fingerprint density at radius 3 is 2.57 bits per heavy atom. The summed E-state index contributed by atoms with van der Waals surface area (Å²) in [6.45, 7) is 2.06. The van der Waals surface area contributed by atoms with Crippen molar-refractivity contribution in [1.82, 2.24) is 5.32 Å². The van der Waals surface area contributed by atoms with Crippen LogP contribution in [0.15, 0.2) is 71.6 Å². The highest BCUT2D eigenvalue weighted by Gasteiger charge is 2.32. The molecule has 3 aromatic rings. The molecule has 0 saturated carbocycles. The summed E-state index contributed by atoms with van der Waals surface area (Å²) in [5.74, 6) is 0.0129. The van der Waals surface area contributed by atoms with Crippen LogP contribution in [0.25, 0.3) is 0 Å². The summed E-state index contributed by atoms with van der Waals surface area (Å²) in [5, 5.41) is 13.8. The summed E-state index contributed by atoms with van der Waals surface area (Å²) in [4.78, 5) is 13.0. The van der Waals surface area contributed by atoms with Gasteiger partial charge in [0.15, 0.2) is 6.10 Å². The maximum atomic E-state index is 13.6. The van der Waals surface area contributed by atoms with Crippen molar-refractivity contribution in [3.8, 4) is 5.75 Å². The number of aryl methyl sites for hydroxylation is 1. The second-order valence-corrected chi connectivity index (χ2v) is 10.8. The molecule has 1 heterocycles. The van der Waals surface area contributed by atoms with Crippen LogP contribution in [0.1, 0.15) is 29.2 Å². The number of hydrogen-bond acceptors (Lipinski definition) is 5. The number of nitrogens with zero attached hydrogens (tertiary/aromatic N) is 1. The maximum absolute atomic E-state index is 13.6. The Morgan fingerprint density at radius 1 is 1.14 bits per heavy atom. The third-order valence-electron chi connectivity index (χ3n) is 6.07. The van der Waals surface area contributed by atoms with Crippen LogP contribution < -0.4 is 14.4 Å². The van der Waals surface area contributed by atoms with Crippen molar-refractivity contribution in [1.29, 1.82) is 0 Å². The summed E-state index contributed by atoms with van der Waals surface area (Å²) in [6, 6.07) is 18.0. The molecule has 1 unspecified atom stereocenters. The Balaban J connectivity index is 1.63. The van der Waals surface area contributed by atoms with Gasteiger partial charge in [-0.2, -0.15) is 0 Å². The fraction of sp³-hybridized carbons (Fsp3) is 0.269. The Labute approximate surface area is 210 Å². The number of carbonyl (C=O) groups is 1. The van der Waals surface area contributed by atoms with E-state index in [1.807, 2.05) is 6.92 Å². The second kappa shape index (κ2) is 10.3. The lowest BCUT2D eigenvalue weighted by Crippen LogP contribution is -2.40. The van der Waals surface area contributed by atoms with Crippen LogP contribution in [0, 0.1) is 6.92 Å². The quantitative estimate of drug-likeness (QED) is 0.518. The van der Waals surface area contributed by atoms with Crippen molar-refractivity contribution in [2.45, 2.75) is 36.8 Å². The molecule has 9 heteroatoms.